The zero-order valence-electron chi connectivity index (χ0n) is 11.1. The molecule has 1 aliphatic rings. The van der Waals surface area contributed by atoms with E-state index in [9.17, 15) is 8.42 Å². The van der Waals surface area contributed by atoms with Crippen LogP contribution in [0.5, 0.6) is 5.88 Å². The lowest BCUT2D eigenvalue weighted by molar-refractivity contribution is 0.397. The summed E-state index contributed by atoms with van der Waals surface area (Å²) in [4.78, 5) is 8.65. The van der Waals surface area contributed by atoms with Crippen molar-refractivity contribution in [3.05, 3.63) is 12.1 Å². The van der Waals surface area contributed by atoms with E-state index in [1.165, 1.54) is 0 Å². The van der Waals surface area contributed by atoms with E-state index in [2.05, 4.69) is 9.97 Å². The van der Waals surface area contributed by atoms with Gasteiger partial charge in [0.15, 0.2) is 5.65 Å². The summed E-state index contributed by atoms with van der Waals surface area (Å²) in [5, 5.41) is 0. The van der Waals surface area contributed by atoms with Crippen LogP contribution in [-0.4, -0.2) is 41.6 Å². The Morgan fingerprint density at radius 2 is 2.00 bits per heavy atom. The van der Waals surface area contributed by atoms with E-state index in [0.717, 1.165) is 0 Å². The van der Waals surface area contributed by atoms with Gasteiger partial charge in [-0.05, 0) is 18.9 Å². The van der Waals surface area contributed by atoms with Crippen LogP contribution in [0.2, 0.25) is 0 Å². The summed E-state index contributed by atoms with van der Waals surface area (Å²) in [6.07, 6.45) is 1.08. The van der Waals surface area contributed by atoms with Crippen molar-refractivity contribution in [2.45, 2.75) is 18.9 Å². The molecule has 1 saturated heterocycles. The summed E-state index contributed by atoms with van der Waals surface area (Å²) in [6, 6.07) is 3.54. The molecule has 0 amide bonds. The smallest absolute Gasteiger partial charge is 0.215 e. The van der Waals surface area contributed by atoms with Gasteiger partial charge in [-0.3, -0.25) is 4.57 Å². The van der Waals surface area contributed by atoms with Gasteiger partial charge in [0.05, 0.1) is 18.6 Å². The molecule has 3 heterocycles. The molecule has 108 valence electrons. The number of nitrogens with zero attached hydrogens (tertiary/aromatic N) is 3. The van der Waals surface area contributed by atoms with Gasteiger partial charge in [-0.2, -0.15) is 4.98 Å². The van der Waals surface area contributed by atoms with Crippen molar-refractivity contribution in [1.82, 2.24) is 14.5 Å². The molecular formula is C12H16N4O3S. The number of imidazole rings is 1. The monoisotopic (exact) mass is 296 g/mol. The zero-order valence-corrected chi connectivity index (χ0v) is 11.9. The van der Waals surface area contributed by atoms with Crippen molar-refractivity contribution in [2.75, 3.05) is 24.3 Å². The van der Waals surface area contributed by atoms with Crippen LogP contribution >= 0.6 is 0 Å². The molecule has 7 nitrogen and oxygen atoms in total. The molecule has 3 rings (SSSR count). The van der Waals surface area contributed by atoms with Crippen LogP contribution in [0.1, 0.15) is 18.9 Å². The Bertz CT molecular complexity index is 739. The van der Waals surface area contributed by atoms with Gasteiger partial charge in [-0.15, -0.1) is 0 Å². The van der Waals surface area contributed by atoms with Crippen molar-refractivity contribution >= 4 is 26.9 Å². The van der Waals surface area contributed by atoms with Crippen LogP contribution in [-0.2, 0) is 9.84 Å². The normalized spacial score (nSPS) is 19.2. The first-order valence-corrected chi connectivity index (χ1v) is 8.21. The van der Waals surface area contributed by atoms with E-state index >= 15 is 0 Å². The highest BCUT2D eigenvalue weighted by Gasteiger charge is 2.27. The Morgan fingerprint density at radius 3 is 2.65 bits per heavy atom. The number of aromatic nitrogens is 3. The first-order chi connectivity index (χ1) is 9.50. The first kappa shape index (κ1) is 13.2. The largest absolute Gasteiger partial charge is 0.481 e. The molecule has 8 heteroatoms. The number of methoxy groups -OCH3 is 1. The molecule has 0 aliphatic carbocycles. The lowest BCUT2D eigenvalue weighted by Gasteiger charge is -2.24. The standard InChI is InChI=1S/C12H16N4O3S/c1-19-10-3-2-9-11(15-10)16(12(13)14-9)8-4-6-20(17,18)7-5-8/h2-3,8H,4-7H2,1H3,(H2,13,14). The molecule has 1 aliphatic heterocycles. The molecule has 0 atom stereocenters. The van der Waals surface area contributed by atoms with E-state index in [4.69, 9.17) is 10.5 Å². The number of hydrogen-bond donors (Lipinski definition) is 1. The van der Waals surface area contributed by atoms with Crippen LogP contribution < -0.4 is 10.5 Å². The van der Waals surface area contributed by atoms with Crippen molar-refractivity contribution in [3.63, 3.8) is 0 Å². The summed E-state index contributed by atoms with van der Waals surface area (Å²) < 4.78 is 30.0. The first-order valence-electron chi connectivity index (χ1n) is 6.39. The molecule has 0 aromatic carbocycles. The van der Waals surface area contributed by atoms with Crippen molar-refractivity contribution in [3.8, 4) is 5.88 Å². The second-order valence-corrected chi connectivity index (χ2v) is 7.22. The van der Waals surface area contributed by atoms with E-state index in [1.807, 2.05) is 4.57 Å². The fraction of sp³-hybridized carbons (Fsp3) is 0.500. The molecule has 0 radical (unpaired) electrons. The maximum atomic E-state index is 11.5. The van der Waals surface area contributed by atoms with Gasteiger partial charge in [0, 0.05) is 12.1 Å². The Hall–Kier alpha value is -1.83. The molecule has 0 spiro atoms. The average Bonchev–Trinajstić information content (AvgIpc) is 2.74. The summed E-state index contributed by atoms with van der Waals surface area (Å²) >= 11 is 0. The van der Waals surface area contributed by atoms with Crippen molar-refractivity contribution in [2.24, 2.45) is 0 Å². The predicted octanol–water partition coefficient (Wildman–Crippen LogP) is 0.772. The number of sulfone groups is 1. The topological polar surface area (TPSA) is 100 Å². The van der Waals surface area contributed by atoms with E-state index < -0.39 is 9.84 Å². The third-order valence-corrected chi connectivity index (χ3v) is 5.35. The highest BCUT2D eigenvalue weighted by atomic mass is 32.2. The highest BCUT2D eigenvalue weighted by molar-refractivity contribution is 7.91. The van der Waals surface area contributed by atoms with Gasteiger partial charge in [-0.1, -0.05) is 0 Å². The molecule has 1 fully saturated rings. The van der Waals surface area contributed by atoms with Crippen LogP contribution in [0, 0.1) is 0 Å². The summed E-state index contributed by atoms with van der Waals surface area (Å²) in [6.45, 7) is 0. The number of rotatable bonds is 2. The van der Waals surface area contributed by atoms with Gasteiger partial charge in [0.1, 0.15) is 15.4 Å². The predicted molar refractivity (Wildman–Crippen MR) is 75.4 cm³/mol. The molecular weight excluding hydrogens is 280 g/mol. The Kier molecular flexibility index (Phi) is 3.04. The molecule has 0 unspecified atom stereocenters. The number of ether oxygens (including phenoxy) is 1. The summed E-state index contributed by atoms with van der Waals surface area (Å²) in [7, 11) is -1.36. The Morgan fingerprint density at radius 1 is 1.30 bits per heavy atom. The van der Waals surface area contributed by atoms with E-state index in [-0.39, 0.29) is 17.5 Å². The Labute approximate surface area is 116 Å². The summed E-state index contributed by atoms with van der Waals surface area (Å²) in [5.74, 6) is 1.22. The minimum Gasteiger partial charge on any atom is -0.481 e. The van der Waals surface area contributed by atoms with Gasteiger partial charge < -0.3 is 10.5 Å². The third-order valence-electron chi connectivity index (χ3n) is 3.64. The summed E-state index contributed by atoms with van der Waals surface area (Å²) in [5.41, 5.74) is 7.30. The van der Waals surface area contributed by atoms with Gasteiger partial charge in [0.25, 0.3) is 0 Å². The molecule has 0 saturated carbocycles. The van der Waals surface area contributed by atoms with Crippen LogP contribution in [0.15, 0.2) is 12.1 Å². The maximum absolute atomic E-state index is 11.5. The molecule has 2 N–H and O–H groups in total. The van der Waals surface area contributed by atoms with E-state index in [1.54, 1.807) is 19.2 Å². The lowest BCUT2D eigenvalue weighted by Crippen LogP contribution is -2.26. The van der Waals surface area contributed by atoms with Crippen LogP contribution in [0.3, 0.4) is 0 Å². The Balaban J connectivity index is 2.04. The number of fused-ring (bicyclic) bond motifs is 1. The van der Waals surface area contributed by atoms with Gasteiger partial charge in [0.2, 0.25) is 11.8 Å². The SMILES string of the molecule is COc1ccc2nc(N)n(C3CCS(=O)(=O)CC3)c2n1. The number of nitrogen functional groups attached to an aromatic ring is 1. The lowest BCUT2D eigenvalue weighted by atomic mass is 10.1. The number of hydrogen-bond acceptors (Lipinski definition) is 6. The average molecular weight is 296 g/mol. The van der Waals surface area contributed by atoms with Gasteiger partial charge in [-0.25, -0.2) is 13.4 Å². The minimum atomic E-state index is -2.91. The second-order valence-electron chi connectivity index (χ2n) is 4.92. The fourth-order valence-corrected chi connectivity index (χ4v) is 4.05. The number of anilines is 1. The zero-order chi connectivity index (χ0) is 14.3. The third kappa shape index (κ3) is 2.20. The molecule has 20 heavy (non-hydrogen) atoms. The fourth-order valence-electron chi connectivity index (χ4n) is 2.58. The minimum absolute atomic E-state index is 0.0168. The quantitative estimate of drug-likeness (QED) is 0.878. The molecule has 2 aromatic rings. The molecule has 2 aromatic heterocycles. The van der Waals surface area contributed by atoms with Crippen molar-refractivity contribution in [1.29, 1.82) is 0 Å². The second kappa shape index (κ2) is 4.62. The number of nitrogens with two attached hydrogens (primary N) is 1. The highest BCUT2D eigenvalue weighted by Crippen LogP contribution is 2.30. The number of pyridine rings is 1. The molecule has 0 bridgehead atoms. The van der Waals surface area contributed by atoms with Crippen molar-refractivity contribution < 1.29 is 13.2 Å². The van der Waals surface area contributed by atoms with Crippen LogP contribution in [0.25, 0.3) is 11.2 Å². The van der Waals surface area contributed by atoms with E-state index in [0.29, 0.717) is 35.8 Å². The van der Waals surface area contributed by atoms with Gasteiger partial charge >= 0.3 is 0 Å². The van der Waals surface area contributed by atoms with Crippen LogP contribution in [0.4, 0.5) is 5.95 Å². The maximum Gasteiger partial charge on any atom is 0.215 e.